The number of hydrogen-bond acceptors (Lipinski definition) is 3. The van der Waals surface area contributed by atoms with Gasteiger partial charge in [-0.15, -0.1) is 0 Å². The van der Waals surface area contributed by atoms with Gasteiger partial charge >= 0.3 is 5.97 Å². The standard InChI is InChI=1S/C13H11FIN3O3/c14-7-1-2-9(10(15)3-7)12(19)18-11(13(20)21)4-8-5-16-6-17-8/h1-3,5-6,11H,4H2,(H,16,17)(H,18,19)(H,20,21)/t11-/m0/s1. The Morgan fingerprint density at radius 3 is 2.81 bits per heavy atom. The molecule has 1 heterocycles. The maximum absolute atomic E-state index is 13.0. The number of imidazole rings is 1. The van der Waals surface area contributed by atoms with Gasteiger partial charge in [0.15, 0.2) is 0 Å². The van der Waals surface area contributed by atoms with Crippen LogP contribution in [0.5, 0.6) is 0 Å². The van der Waals surface area contributed by atoms with Gasteiger partial charge in [-0.05, 0) is 40.8 Å². The quantitative estimate of drug-likeness (QED) is 0.661. The Bertz CT molecular complexity index is 661. The molecule has 0 bridgehead atoms. The van der Waals surface area contributed by atoms with Crippen LogP contribution in [-0.4, -0.2) is 33.0 Å². The summed E-state index contributed by atoms with van der Waals surface area (Å²) in [7, 11) is 0. The van der Waals surface area contributed by atoms with Crippen LogP contribution in [0, 0.1) is 9.39 Å². The second-order valence-electron chi connectivity index (χ2n) is 4.27. The van der Waals surface area contributed by atoms with Crippen LogP contribution < -0.4 is 5.32 Å². The first-order chi connectivity index (χ1) is 9.97. The normalized spacial score (nSPS) is 11.9. The molecule has 0 saturated heterocycles. The molecule has 8 heteroatoms. The lowest BCUT2D eigenvalue weighted by atomic mass is 10.1. The van der Waals surface area contributed by atoms with Gasteiger partial charge in [-0.1, -0.05) is 0 Å². The first kappa shape index (κ1) is 15.4. The van der Waals surface area contributed by atoms with Crippen molar-refractivity contribution in [2.24, 2.45) is 0 Å². The molecule has 0 unspecified atom stereocenters. The molecule has 0 spiro atoms. The van der Waals surface area contributed by atoms with Crippen LogP contribution in [0.1, 0.15) is 16.1 Å². The van der Waals surface area contributed by atoms with E-state index in [0.717, 1.165) is 6.07 Å². The van der Waals surface area contributed by atoms with E-state index in [2.05, 4.69) is 15.3 Å². The Morgan fingerprint density at radius 1 is 1.48 bits per heavy atom. The molecule has 1 aromatic heterocycles. The highest BCUT2D eigenvalue weighted by Crippen LogP contribution is 2.14. The first-order valence-electron chi connectivity index (χ1n) is 5.93. The van der Waals surface area contributed by atoms with Crippen LogP contribution in [0.3, 0.4) is 0 Å². The molecule has 1 atom stereocenters. The third-order valence-corrected chi connectivity index (χ3v) is 3.65. The molecule has 3 N–H and O–H groups in total. The second kappa shape index (κ2) is 6.66. The number of halogens is 2. The molecular weight excluding hydrogens is 392 g/mol. The van der Waals surface area contributed by atoms with Gasteiger partial charge in [0.1, 0.15) is 11.9 Å². The number of H-pyrrole nitrogens is 1. The zero-order valence-corrected chi connectivity index (χ0v) is 12.8. The highest BCUT2D eigenvalue weighted by atomic mass is 127. The molecule has 6 nitrogen and oxygen atoms in total. The minimum Gasteiger partial charge on any atom is -0.480 e. The zero-order chi connectivity index (χ0) is 15.4. The summed E-state index contributed by atoms with van der Waals surface area (Å²) in [6, 6.07) is 2.59. The predicted molar refractivity (Wildman–Crippen MR) is 80.3 cm³/mol. The number of aromatic nitrogens is 2. The maximum Gasteiger partial charge on any atom is 0.326 e. The number of aromatic amines is 1. The van der Waals surface area contributed by atoms with Gasteiger partial charge < -0.3 is 15.4 Å². The van der Waals surface area contributed by atoms with Crippen molar-refractivity contribution in [2.45, 2.75) is 12.5 Å². The summed E-state index contributed by atoms with van der Waals surface area (Å²) in [5, 5.41) is 11.6. The molecule has 0 radical (unpaired) electrons. The van der Waals surface area contributed by atoms with E-state index >= 15 is 0 Å². The number of aliphatic carboxylic acids is 1. The van der Waals surface area contributed by atoms with E-state index < -0.39 is 23.7 Å². The Hall–Kier alpha value is -1.97. The summed E-state index contributed by atoms with van der Waals surface area (Å²) in [6.07, 6.45) is 3.00. The largest absolute Gasteiger partial charge is 0.480 e. The second-order valence-corrected chi connectivity index (χ2v) is 5.43. The van der Waals surface area contributed by atoms with E-state index in [1.54, 1.807) is 0 Å². The van der Waals surface area contributed by atoms with E-state index in [1.807, 2.05) is 22.6 Å². The van der Waals surface area contributed by atoms with Crippen LogP contribution in [0.4, 0.5) is 4.39 Å². The Labute approximate surface area is 132 Å². The smallest absolute Gasteiger partial charge is 0.326 e. The van der Waals surface area contributed by atoms with E-state index in [0.29, 0.717) is 9.26 Å². The molecule has 1 aromatic carbocycles. The maximum atomic E-state index is 13.0. The molecule has 2 aromatic rings. The first-order valence-corrected chi connectivity index (χ1v) is 7.01. The number of nitrogens with zero attached hydrogens (tertiary/aromatic N) is 1. The molecule has 0 saturated carbocycles. The van der Waals surface area contributed by atoms with Crippen molar-refractivity contribution in [1.82, 2.24) is 15.3 Å². The summed E-state index contributed by atoms with van der Waals surface area (Å²) in [4.78, 5) is 29.9. The zero-order valence-electron chi connectivity index (χ0n) is 10.6. The van der Waals surface area contributed by atoms with Gasteiger partial charge in [0.25, 0.3) is 5.91 Å². The summed E-state index contributed by atoms with van der Waals surface area (Å²) >= 11 is 1.82. The van der Waals surface area contributed by atoms with Crippen molar-refractivity contribution < 1.29 is 19.1 Å². The number of amides is 1. The molecule has 1 amide bonds. The summed E-state index contributed by atoms with van der Waals surface area (Å²) in [5.74, 6) is -2.18. The van der Waals surface area contributed by atoms with Crippen molar-refractivity contribution in [3.63, 3.8) is 0 Å². The van der Waals surface area contributed by atoms with Crippen molar-refractivity contribution in [2.75, 3.05) is 0 Å². The summed E-state index contributed by atoms with van der Waals surface area (Å²) in [6.45, 7) is 0. The van der Waals surface area contributed by atoms with Gasteiger partial charge in [-0.3, -0.25) is 4.79 Å². The average Bonchev–Trinajstić information content (AvgIpc) is 2.90. The minimum absolute atomic E-state index is 0.0822. The molecule has 0 aliphatic rings. The Morgan fingerprint density at radius 2 is 2.24 bits per heavy atom. The third kappa shape index (κ3) is 4.00. The number of carbonyl (C=O) groups excluding carboxylic acids is 1. The van der Waals surface area contributed by atoms with Crippen molar-refractivity contribution in [3.8, 4) is 0 Å². The fourth-order valence-electron chi connectivity index (χ4n) is 1.73. The highest BCUT2D eigenvalue weighted by Gasteiger charge is 2.22. The van der Waals surface area contributed by atoms with Crippen LogP contribution in [0.2, 0.25) is 0 Å². The van der Waals surface area contributed by atoms with Crippen molar-refractivity contribution in [1.29, 1.82) is 0 Å². The molecule has 0 aliphatic heterocycles. The van der Waals surface area contributed by atoms with Gasteiger partial charge in [0, 0.05) is 21.9 Å². The molecule has 21 heavy (non-hydrogen) atoms. The topological polar surface area (TPSA) is 95.1 Å². The molecule has 110 valence electrons. The fourth-order valence-corrected chi connectivity index (χ4v) is 2.45. The third-order valence-electron chi connectivity index (χ3n) is 2.76. The fraction of sp³-hybridized carbons (Fsp3) is 0.154. The lowest BCUT2D eigenvalue weighted by Gasteiger charge is -2.14. The number of carboxylic acid groups (broad SMARTS) is 1. The SMILES string of the molecule is O=C(N[C@@H](Cc1cnc[nH]1)C(=O)O)c1ccc(F)cc1I. The van der Waals surface area contributed by atoms with E-state index in [1.165, 1.54) is 24.7 Å². The number of nitrogens with one attached hydrogen (secondary N) is 2. The van der Waals surface area contributed by atoms with Gasteiger partial charge in [0.2, 0.25) is 0 Å². The monoisotopic (exact) mass is 403 g/mol. The van der Waals surface area contributed by atoms with Crippen LogP contribution in [-0.2, 0) is 11.2 Å². The number of hydrogen-bond donors (Lipinski definition) is 3. The van der Waals surface area contributed by atoms with Crippen LogP contribution in [0.15, 0.2) is 30.7 Å². The highest BCUT2D eigenvalue weighted by molar-refractivity contribution is 14.1. The molecule has 2 rings (SSSR count). The summed E-state index contributed by atoms with van der Waals surface area (Å²) < 4.78 is 13.4. The summed E-state index contributed by atoms with van der Waals surface area (Å²) in [5.41, 5.74) is 0.823. The van der Waals surface area contributed by atoms with Gasteiger partial charge in [-0.2, -0.15) is 0 Å². The van der Waals surface area contributed by atoms with Crippen LogP contribution >= 0.6 is 22.6 Å². The number of carbonyl (C=O) groups is 2. The van der Waals surface area contributed by atoms with E-state index in [4.69, 9.17) is 0 Å². The van der Waals surface area contributed by atoms with Crippen molar-refractivity contribution in [3.05, 3.63) is 51.4 Å². The van der Waals surface area contributed by atoms with E-state index in [9.17, 15) is 19.1 Å². The van der Waals surface area contributed by atoms with Crippen molar-refractivity contribution >= 4 is 34.5 Å². The van der Waals surface area contributed by atoms with Crippen LogP contribution in [0.25, 0.3) is 0 Å². The predicted octanol–water partition coefficient (Wildman–Crippen LogP) is 1.58. The lowest BCUT2D eigenvalue weighted by Crippen LogP contribution is -2.42. The van der Waals surface area contributed by atoms with E-state index in [-0.39, 0.29) is 12.0 Å². The number of rotatable bonds is 5. The average molecular weight is 403 g/mol. The Kier molecular flexibility index (Phi) is 4.89. The number of benzene rings is 1. The molecule has 0 fully saturated rings. The van der Waals surface area contributed by atoms with Gasteiger partial charge in [-0.25, -0.2) is 14.2 Å². The Balaban J connectivity index is 2.12. The minimum atomic E-state index is -1.16. The van der Waals surface area contributed by atoms with Gasteiger partial charge in [0.05, 0.1) is 11.9 Å². The number of carboxylic acids is 1. The molecule has 0 aliphatic carbocycles. The lowest BCUT2D eigenvalue weighted by molar-refractivity contribution is -0.139. The molecular formula is C13H11FIN3O3.